The van der Waals surface area contributed by atoms with Crippen LogP contribution in [0, 0.1) is 0 Å². The highest BCUT2D eigenvalue weighted by Crippen LogP contribution is 2.31. The van der Waals surface area contributed by atoms with Crippen molar-refractivity contribution in [3.05, 3.63) is 34.7 Å². The summed E-state index contributed by atoms with van der Waals surface area (Å²) in [5.74, 6) is -0.869. The number of carboxylic acids is 1. The Kier molecular flexibility index (Phi) is 5.11. The number of rotatable bonds is 7. The van der Waals surface area contributed by atoms with E-state index in [1.165, 1.54) is 11.3 Å². The minimum atomic E-state index is -0.869. The minimum Gasteiger partial charge on any atom is -0.477 e. The van der Waals surface area contributed by atoms with Crippen molar-refractivity contribution in [2.45, 2.75) is 32.4 Å². The van der Waals surface area contributed by atoms with E-state index in [1.54, 1.807) is 0 Å². The Labute approximate surface area is 122 Å². The molecule has 0 radical (unpaired) electrons. The van der Waals surface area contributed by atoms with Gasteiger partial charge in [-0.05, 0) is 36.8 Å². The molecule has 1 atom stereocenters. The Morgan fingerprint density at radius 2 is 2.15 bits per heavy atom. The van der Waals surface area contributed by atoms with Crippen molar-refractivity contribution in [2.75, 3.05) is 6.61 Å². The van der Waals surface area contributed by atoms with Gasteiger partial charge >= 0.3 is 5.97 Å². The molecule has 2 aromatic rings. The lowest BCUT2D eigenvalue weighted by Crippen LogP contribution is -2.26. The van der Waals surface area contributed by atoms with E-state index >= 15 is 0 Å². The first-order valence-electron chi connectivity index (χ1n) is 6.71. The standard InChI is InChI=1S/C15H19NO3S/c1-10(5-4-8-17)16-9-12-11-6-2-3-7-13(11)20-14(12)15(18)19/h2-3,6-7,10,16-17H,4-5,8-9H2,1H3,(H,18,19). The molecule has 0 amide bonds. The second kappa shape index (κ2) is 6.83. The van der Waals surface area contributed by atoms with E-state index in [2.05, 4.69) is 5.32 Å². The predicted molar refractivity (Wildman–Crippen MR) is 81.4 cm³/mol. The molecule has 3 N–H and O–H groups in total. The summed E-state index contributed by atoms with van der Waals surface area (Å²) < 4.78 is 1.00. The monoisotopic (exact) mass is 293 g/mol. The highest BCUT2D eigenvalue weighted by Gasteiger charge is 2.17. The lowest BCUT2D eigenvalue weighted by molar-refractivity contribution is 0.0701. The van der Waals surface area contributed by atoms with Crippen molar-refractivity contribution < 1.29 is 15.0 Å². The Bertz CT molecular complexity index is 594. The quantitative estimate of drug-likeness (QED) is 0.734. The van der Waals surface area contributed by atoms with Crippen LogP contribution in [0.2, 0.25) is 0 Å². The first-order valence-corrected chi connectivity index (χ1v) is 7.53. The van der Waals surface area contributed by atoms with Crippen LogP contribution < -0.4 is 5.32 Å². The summed E-state index contributed by atoms with van der Waals surface area (Å²) in [6.45, 7) is 2.77. The molecular weight excluding hydrogens is 274 g/mol. The van der Waals surface area contributed by atoms with Crippen LogP contribution in [-0.2, 0) is 6.54 Å². The zero-order valence-corrected chi connectivity index (χ0v) is 12.2. The number of carbonyl (C=O) groups is 1. The van der Waals surface area contributed by atoms with Gasteiger partial charge in [0, 0.05) is 23.9 Å². The molecule has 1 heterocycles. The second-order valence-corrected chi connectivity index (χ2v) is 5.91. The highest BCUT2D eigenvalue weighted by atomic mass is 32.1. The highest BCUT2D eigenvalue weighted by molar-refractivity contribution is 7.21. The van der Waals surface area contributed by atoms with Crippen LogP contribution >= 0.6 is 11.3 Å². The third-order valence-electron chi connectivity index (χ3n) is 3.32. The van der Waals surface area contributed by atoms with Crippen LogP contribution in [0.1, 0.15) is 35.0 Å². The van der Waals surface area contributed by atoms with Crippen LogP contribution in [0.3, 0.4) is 0 Å². The van der Waals surface area contributed by atoms with Crippen molar-refractivity contribution in [2.24, 2.45) is 0 Å². The lowest BCUT2D eigenvalue weighted by atomic mass is 10.1. The number of aliphatic hydroxyl groups is 1. The molecule has 2 rings (SSSR count). The van der Waals surface area contributed by atoms with E-state index in [0.717, 1.165) is 28.5 Å². The van der Waals surface area contributed by atoms with E-state index in [4.69, 9.17) is 5.11 Å². The molecular formula is C15H19NO3S. The molecule has 0 aliphatic rings. The third-order valence-corrected chi connectivity index (χ3v) is 4.52. The fourth-order valence-corrected chi connectivity index (χ4v) is 3.28. The Morgan fingerprint density at radius 3 is 2.85 bits per heavy atom. The Hall–Kier alpha value is -1.43. The molecule has 1 unspecified atom stereocenters. The fraction of sp³-hybridized carbons (Fsp3) is 0.400. The zero-order chi connectivity index (χ0) is 14.5. The molecule has 0 saturated carbocycles. The molecule has 0 saturated heterocycles. The van der Waals surface area contributed by atoms with Crippen molar-refractivity contribution in [1.82, 2.24) is 5.32 Å². The number of benzene rings is 1. The summed E-state index contributed by atoms with van der Waals surface area (Å²) in [5.41, 5.74) is 0.856. The number of aromatic carboxylic acids is 1. The molecule has 0 fully saturated rings. The van der Waals surface area contributed by atoms with Gasteiger partial charge in [-0.3, -0.25) is 0 Å². The Balaban J connectivity index is 2.19. The van der Waals surface area contributed by atoms with Gasteiger partial charge in [-0.15, -0.1) is 11.3 Å². The molecule has 4 nitrogen and oxygen atoms in total. The van der Waals surface area contributed by atoms with Gasteiger partial charge in [-0.1, -0.05) is 18.2 Å². The summed E-state index contributed by atoms with van der Waals surface area (Å²) in [6, 6.07) is 8.02. The van der Waals surface area contributed by atoms with Gasteiger partial charge in [0.25, 0.3) is 0 Å². The van der Waals surface area contributed by atoms with Crippen LogP contribution in [0.5, 0.6) is 0 Å². The Morgan fingerprint density at radius 1 is 1.40 bits per heavy atom. The number of aliphatic hydroxyl groups excluding tert-OH is 1. The van der Waals surface area contributed by atoms with E-state index in [-0.39, 0.29) is 12.6 Å². The van der Waals surface area contributed by atoms with Gasteiger partial charge < -0.3 is 15.5 Å². The smallest absolute Gasteiger partial charge is 0.346 e. The first kappa shape index (κ1) is 15.0. The summed E-state index contributed by atoms with van der Waals surface area (Å²) in [6.07, 6.45) is 1.63. The van der Waals surface area contributed by atoms with Crippen LogP contribution in [0.15, 0.2) is 24.3 Å². The predicted octanol–water partition coefficient (Wildman–Crippen LogP) is 2.85. The average molecular weight is 293 g/mol. The van der Waals surface area contributed by atoms with Gasteiger partial charge in [0.05, 0.1) is 0 Å². The summed E-state index contributed by atoms with van der Waals surface area (Å²) in [4.78, 5) is 11.8. The summed E-state index contributed by atoms with van der Waals surface area (Å²) >= 11 is 1.32. The number of carboxylic acid groups (broad SMARTS) is 1. The molecule has 1 aromatic carbocycles. The molecule has 20 heavy (non-hydrogen) atoms. The minimum absolute atomic E-state index is 0.188. The first-order chi connectivity index (χ1) is 9.63. The second-order valence-electron chi connectivity index (χ2n) is 4.86. The van der Waals surface area contributed by atoms with E-state index in [9.17, 15) is 9.90 Å². The van der Waals surface area contributed by atoms with Gasteiger partial charge in [-0.2, -0.15) is 0 Å². The van der Waals surface area contributed by atoms with Gasteiger partial charge in [0.1, 0.15) is 4.88 Å². The zero-order valence-electron chi connectivity index (χ0n) is 11.4. The van der Waals surface area contributed by atoms with Crippen molar-refractivity contribution >= 4 is 27.4 Å². The number of hydrogen-bond acceptors (Lipinski definition) is 4. The molecule has 0 bridgehead atoms. The van der Waals surface area contributed by atoms with Crippen LogP contribution in [-0.4, -0.2) is 28.8 Å². The largest absolute Gasteiger partial charge is 0.477 e. The summed E-state index contributed by atoms with van der Waals surface area (Å²) in [7, 11) is 0. The molecule has 5 heteroatoms. The van der Waals surface area contributed by atoms with Gasteiger partial charge in [0.2, 0.25) is 0 Å². The van der Waals surface area contributed by atoms with E-state index < -0.39 is 5.97 Å². The normalized spacial score (nSPS) is 12.7. The van der Waals surface area contributed by atoms with E-state index in [1.807, 2.05) is 31.2 Å². The number of fused-ring (bicyclic) bond motifs is 1. The van der Waals surface area contributed by atoms with Crippen molar-refractivity contribution in [3.8, 4) is 0 Å². The molecule has 0 spiro atoms. The maximum atomic E-state index is 11.4. The molecule has 1 aromatic heterocycles. The molecule has 0 aliphatic carbocycles. The van der Waals surface area contributed by atoms with E-state index in [0.29, 0.717) is 11.4 Å². The number of hydrogen-bond donors (Lipinski definition) is 3. The lowest BCUT2D eigenvalue weighted by Gasteiger charge is -2.13. The summed E-state index contributed by atoms with van der Waals surface area (Å²) in [5, 5.41) is 22.5. The topological polar surface area (TPSA) is 69.6 Å². The SMILES string of the molecule is CC(CCCO)NCc1c(C(=O)O)sc2ccccc12. The average Bonchev–Trinajstić information content (AvgIpc) is 2.82. The fourth-order valence-electron chi connectivity index (χ4n) is 2.22. The van der Waals surface area contributed by atoms with Gasteiger partial charge in [0.15, 0.2) is 0 Å². The van der Waals surface area contributed by atoms with Crippen molar-refractivity contribution in [1.29, 1.82) is 0 Å². The number of thiophene rings is 1. The maximum Gasteiger partial charge on any atom is 0.346 e. The van der Waals surface area contributed by atoms with Crippen LogP contribution in [0.4, 0.5) is 0 Å². The van der Waals surface area contributed by atoms with Crippen LogP contribution in [0.25, 0.3) is 10.1 Å². The maximum absolute atomic E-state index is 11.4. The molecule has 0 aliphatic heterocycles. The number of nitrogens with one attached hydrogen (secondary N) is 1. The molecule has 108 valence electrons. The van der Waals surface area contributed by atoms with Crippen molar-refractivity contribution in [3.63, 3.8) is 0 Å². The third kappa shape index (κ3) is 3.36. The van der Waals surface area contributed by atoms with Gasteiger partial charge in [-0.25, -0.2) is 4.79 Å².